The highest BCUT2D eigenvalue weighted by Crippen LogP contribution is 2.30. The van der Waals surface area contributed by atoms with Crippen LogP contribution in [-0.2, 0) is 6.54 Å². The van der Waals surface area contributed by atoms with Crippen molar-refractivity contribution in [2.75, 3.05) is 13.1 Å². The number of benzene rings is 2. The van der Waals surface area contributed by atoms with Crippen molar-refractivity contribution in [1.29, 1.82) is 0 Å². The monoisotopic (exact) mass is 366 g/mol. The van der Waals surface area contributed by atoms with Crippen molar-refractivity contribution in [2.45, 2.75) is 19.5 Å². The van der Waals surface area contributed by atoms with E-state index >= 15 is 0 Å². The fourth-order valence-corrected chi connectivity index (χ4v) is 3.26. The van der Waals surface area contributed by atoms with E-state index in [0.29, 0.717) is 6.54 Å². The molecule has 1 atom stereocenters. The lowest BCUT2D eigenvalue weighted by atomic mass is 10.1. The van der Waals surface area contributed by atoms with Gasteiger partial charge in [0.2, 0.25) is 0 Å². The summed E-state index contributed by atoms with van der Waals surface area (Å²) >= 11 is 9.83. The molecule has 0 aliphatic heterocycles. The number of rotatable bonds is 6. The van der Waals surface area contributed by atoms with Crippen LogP contribution in [0.2, 0.25) is 5.02 Å². The summed E-state index contributed by atoms with van der Waals surface area (Å²) in [5.74, 6) is 0. The van der Waals surface area contributed by atoms with E-state index in [9.17, 15) is 0 Å². The van der Waals surface area contributed by atoms with Gasteiger partial charge in [0, 0.05) is 35.2 Å². The van der Waals surface area contributed by atoms with Crippen molar-refractivity contribution in [3.8, 4) is 0 Å². The summed E-state index contributed by atoms with van der Waals surface area (Å²) in [5.41, 5.74) is 8.19. The van der Waals surface area contributed by atoms with Crippen molar-refractivity contribution in [3.05, 3.63) is 69.2 Å². The van der Waals surface area contributed by atoms with Gasteiger partial charge in [-0.1, -0.05) is 63.9 Å². The summed E-state index contributed by atoms with van der Waals surface area (Å²) in [7, 11) is 0. The maximum Gasteiger partial charge on any atom is 0.0464 e. The van der Waals surface area contributed by atoms with Crippen LogP contribution in [0.4, 0.5) is 0 Å². The van der Waals surface area contributed by atoms with Gasteiger partial charge in [-0.05, 0) is 30.2 Å². The summed E-state index contributed by atoms with van der Waals surface area (Å²) in [6.45, 7) is 4.51. The molecule has 2 aromatic rings. The van der Waals surface area contributed by atoms with E-state index in [1.165, 1.54) is 5.56 Å². The maximum atomic E-state index is 6.38. The average molecular weight is 368 g/mol. The van der Waals surface area contributed by atoms with Crippen LogP contribution in [0.15, 0.2) is 53.0 Å². The lowest BCUT2D eigenvalue weighted by Gasteiger charge is -2.29. The smallest absolute Gasteiger partial charge is 0.0464 e. The van der Waals surface area contributed by atoms with E-state index in [2.05, 4.69) is 58.1 Å². The fourth-order valence-electron chi connectivity index (χ4n) is 2.43. The second kappa shape index (κ2) is 7.95. The second-order valence-corrected chi connectivity index (χ2v) is 6.41. The molecule has 0 aliphatic carbocycles. The third-order valence-corrected chi connectivity index (χ3v) is 4.43. The quantitative estimate of drug-likeness (QED) is 0.807. The first-order valence-electron chi connectivity index (χ1n) is 7.05. The van der Waals surface area contributed by atoms with Gasteiger partial charge in [0.1, 0.15) is 0 Å². The highest BCUT2D eigenvalue weighted by atomic mass is 79.9. The van der Waals surface area contributed by atoms with Crippen molar-refractivity contribution in [3.63, 3.8) is 0 Å². The third kappa shape index (κ3) is 4.55. The largest absolute Gasteiger partial charge is 0.329 e. The zero-order chi connectivity index (χ0) is 15.2. The molecule has 21 heavy (non-hydrogen) atoms. The van der Waals surface area contributed by atoms with Crippen molar-refractivity contribution in [2.24, 2.45) is 5.73 Å². The van der Waals surface area contributed by atoms with E-state index in [1.807, 2.05) is 18.2 Å². The predicted molar refractivity (Wildman–Crippen MR) is 93.5 cm³/mol. The molecule has 0 heterocycles. The predicted octanol–water partition coefficient (Wildman–Crippen LogP) is 4.62. The van der Waals surface area contributed by atoms with E-state index in [0.717, 1.165) is 28.1 Å². The van der Waals surface area contributed by atoms with Gasteiger partial charge >= 0.3 is 0 Å². The van der Waals surface area contributed by atoms with Gasteiger partial charge < -0.3 is 5.73 Å². The van der Waals surface area contributed by atoms with E-state index in [4.69, 9.17) is 17.3 Å². The first-order valence-corrected chi connectivity index (χ1v) is 8.22. The Hall–Kier alpha value is -0.870. The van der Waals surface area contributed by atoms with Crippen LogP contribution < -0.4 is 5.73 Å². The Balaban J connectivity index is 2.20. The Morgan fingerprint density at radius 1 is 1.19 bits per heavy atom. The molecule has 1 unspecified atom stereocenters. The first kappa shape index (κ1) is 16.5. The molecule has 2 nitrogen and oxygen atoms in total. The molecule has 0 saturated carbocycles. The van der Waals surface area contributed by atoms with Crippen molar-refractivity contribution >= 4 is 27.5 Å². The number of nitrogens with zero attached hydrogens (tertiary/aromatic N) is 1. The first-order chi connectivity index (χ1) is 10.1. The average Bonchev–Trinajstić information content (AvgIpc) is 2.47. The van der Waals surface area contributed by atoms with Gasteiger partial charge in [-0.15, -0.1) is 0 Å². The normalized spacial score (nSPS) is 12.6. The summed E-state index contributed by atoms with van der Waals surface area (Å²) in [6, 6.07) is 16.7. The molecule has 0 aromatic heterocycles. The molecule has 0 spiro atoms. The van der Waals surface area contributed by atoms with E-state index < -0.39 is 0 Å². The van der Waals surface area contributed by atoms with Gasteiger partial charge in [0.15, 0.2) is 0 Å². The molecule has 2 N–H and O–H groups in total. The van der Waals surface area contributed by atoms with Crippen molar-refractivity contribution < 1.29 is 0 Å². The summed E-state index contributed by atoms with van der Waals surface area (Å²) in [4.78, 5) is 2.35. The Morgan fingerprint density at radius 2 is 1.90 bits per heavy atom. The van der Waals surface area contributed by atoms with Gasteiger partial charge in [-0.3, -0.25) is 4.90 Å². The lowest BCUT2D eigenvalue weighted by molar-refractivity contribution is 0.207. The van der Waals surface area contributed by atoms with Crippen LogP contribution in [0, 0.1) is 0 Å². The summed E-state index contributed by atoms with van der Waals surface area (Å²) in [5, 5.41) is 0.784. The molecular weight excluding hydrogens is 348 g/mol. The number of hydrogen-bond donors (Lipinski definition) is 1. The van der Waals surface area contributed by atoms with Crippen molar-refractivity contribution in [1.82, 2.24) is 4.90 Å². The zero-order valence-corrected chi connectivity index (χ0v) is 14.4. The highest BCUT2D eigenvalue weighted by Gasteiger charge is 2.18. The number of nitrogens with two attached hydrogens (primary N) is 1. The maximum absolute atomic E-state index is 6.38. The van der Waals surface area contributed by atoms with Crippen LogP contribution >= 0.6 is 27.5 Å². The molecular formula is C17H20BrClN2. The SMILES string of the molecule is CC(c1ccc(Br)cc1Cl)N(CCN)Cc1ccccc1. The second-order valence-electron chi connectivity index (χ2n) is 5.09. The molecule has 4 heteroatoms. The number of halogens is 2. The highest BCUT2D eigenvalue weighted by molar-refractivity contribution is 9.10. The minimum absolute atomic E-state index is 0.217. The van der Waals surface area contributed by atoms with E-state index in [-0.39, 0.29) is 6.04 Å². The minimum Gasteiger partial charge on any atom is -0.329 e. The molecule has 0 fully saturated rings. The summed E-state index contributed by atoms with van der Waals surface area (Å²) in [6.07, 6.45) is 0. The number of hydrogen-bond acceptors (Lipinski definition) is 2. The van der Waals surface area contributed by atoms with Crippen LogP contribution in [-0.4, -0.2) is 18.0 Å². The minimum atomic E-state index is 0.217. The van der Waals surface area contributed by atoms with Gasteiger partial charge in [-0.2, -0.15) is 0 Å². The Labute approximate surface area is 140 Å². The zero-order valence-electron chi connectivity index (χ0n) is 12.1. The van der Waals surface area contributed by atoms with Crippen LogP contribution in [0.3, 0.4) is 0 Å². The standard InChI is InChI=1S/C17H20BrClN2/c1-13(16-8-7-15(18)11-17(16)19)21(10-9-20)12-14-5-3-2-4-6-14/h2-8,11,13H,9-10,12,20H2,1H3. The van der Waals surface area contributed by atoms with Crippen LogP contribution in [0.25, 0.3) is 0 Å². The molecule has 2 rings (SSSR count). The Morgan fingerprint density at radius 3 is 2.52 bits per heavy atom. The lowest BCUT2D eigenvalue weighted by Crippen LogP contribution is -2.31. The van der Waals surface area contributed by atoms with Crippen LogP contribution in [0.1, 0.15) is 24.1 Å². The Bertz CT molecular complexity index is 574. The molecule has 0 saturated heterocycles. The molecule has 0 aliphatic rings. The molecule has 112 valence electrons. The van der Waals surface area contributed by atoms with Gasteiger partial charge in [0.25, 0.3) is 0 Å². The molecule has 0 bridgehead atoms. The Kier molecular flexibility index (Phi) is 6.24. The molecule has 2 aromatic carbocycles. The van der Waals surface area contributed by atoms with Crippen LogP contribution in [0.5, 0.6) is 0 Å². The molecule has 0 radical (unpaired) electrons. The molecule has 0 amide bonds. The van der Waals surface area contributed by atoms with Gasteiger partial charge in [-0.25, -0.2) is 0 Å². The van der Waals surface area contributed by atoms with E-state index in [1.54, 1.807) is 0 Å². The fraction of sp³-hybridized carbons (Fsp3) is 0.294. The summed E-state index contributed by atoms with van der Waals surface area (Å²) < 4.78 is 0.997. The topological polar surface area (TPSA) is 29.3 Å². The van der Waals surface area contributed by atoms with Gasteiger partial charge in [0.05, 0.1) is 0 Å². The third-order valence-electron chi connectivity index (χ3n) is 3.61.